The van der Waals surface area contributed by atoms with Crippen molar-refractivity contribution in [3.63, 3.8) is 0 Å². The summed E-state index contributed by atoms with van der Waals surface area (Å²) in [5.74, 6) is 0.446. The van der Waals surface area contributed by atoms with E-state index in [0.717, 1.165) is 0 Å². The van der Waals surface area contributed by atoms with Crippen molar-refractivity contribution < 1.29 is 4.79 Å². The monoisotopic (exact) mass is 232 g/mol. The lowest BCUT2D eigenvalue weighted by molar-refractivity contribution is -0.121. The maximum atomic E-state index is 11.4. The van der Waals surface area contributed by atoms with Crippen LogP contribution in [-0.4, -0.2) is 30.7 Å². The van der Waals surface area contributed by atoms with E-state index in [0.29, 0.717) is 18.9 Å². The minimum absolute atomic E-state index is 0.113. The van der Waals surface area contributed by atoms with E-state index >= 15 is 0 Å². The van der Waals surface area contributed by atoms with Crippen molar-refractivity contribution in [1.82, 2.24) is 21.1 Å². The molecule has 0 saturated carbocycles. The van der Waals surface area contributed by atoms with Gasteiger partial charge in [-0.05, 0) is 23.4 Å². The summed E-state index contributed by atoms with van der Waals surface area (Å²) in [4.78, 5) is 11.4. The third kappa shape index (κ3) is 1.63. The largest absolute Gasteiger partial charge is 0.367 e. The van der Waals surface area contributed by atoms with E-state index in [1.165, 1.54) is 11.1 Å². The number of fused-ring (bicyclic) bond motifs is 3. The predicted molar refractivity (Wildman–Crippen MR) is 64.2 cm³/mol. The van der Waals surface area contributed by atoms with Gasteiger partial charge in [0.15, 0.2) is 0 Å². The molecule has 3 N–H and O–H groups in total. The standard InChI is InChI=1S/C12H16N4O/c1-13-16-7-8-5-11(17)15-6-10(8)9-3-2-4-14-12(9)16/h2-4,7,10,12-14H,5-6H2,1H3,(H,15,17). The molecule has 3 aliphatic rings. The summed E-state index contributed by atoms with van der Waals surface area (Å²) >= 11 is 0. The van der Waals surface area contributed by atoms with Crippen molar-refractivity contribution in [3.8, 4) is 0 Å². The van der Waals surface area contributed by atoms with Crippen LogP contribution < -0.4 is 16.1 Å². The number of dihydropyridines is 1. The van der Waals surface area contributed by atoms with Gasteiger partial charge in [-0.3, -0.25) is 9.80 Å². The number of hydrogen-bond donors (Lipinski definition) is 3. The number of rotatable bonds is 1. The van der Waals surface area contributed by atoms with E-state index in [-0.39, 0.29) is 12.1 Å². The normalized spacial score (nSPS) is 30.6. The minimum Gasteiger partial charge on any atom is -0.367 e. The van der Waals surface area contributed by atoms with E-state index in [1.54, 1.807) is 0 Å². The second kappa shape index (κ2) is 3.92. The smallest absolute Gasteiger partial charge is 0.224 e. The molecule has 0 aromatic rings. The molecule has 1 fully saturated rings. The summed E-state index contributed by atoms with van der Waals surface area (Å²) in [7, 11) is 1.89. The Morgan fingerprint density at radius 2 is 2.41 bits per heavy atom. The first-order chi connectivity index (χ1) is 8.29. The third-order valence-electron chi connectivity index (χ3n) is 3.51. The van der Waals surface area contributed by atoms with Gasteiger partial charge in [-0.2, -0.15) is 0 Å². The zero-order valence-electron chi connectivity index (χ0n) is 9.73. The van der Waals surface area contributed by atoms with Crippen LogP contribution in [0.3, 0.4) is 0 Å². The molecule has 5 heteroatoms. The first-order valence-corrected chi connectivity index (χ1v) is 5.85. The Kier molecular flexibility index (Phi) is 2.40. The molecular formula is C12H16N4O. The molecule has 17 heavy (non-hydrogen) atoms. The van der Waals surface area contributed by atoms with Crippen molar-refractivity contribution >= 4 is 5.91 Å². The lowest BCUT2D eigenvalue weighted by Crippen LogP contribution is -2.55. The fourth-order valence-electron chi connectivity index (χ4n) is 2.67. The Hall–Kier alpha value is -1.75. The van der Waals surface area contributed by atoms with Crippen molar-refractivity contribution in [2.75, 3.05) is 13.6 Å². The summed E-state index contributed by atoms with van der Waals surface area (Å²) in [6.07, 6.45) is 8.79. The van der Waals surface area contributed by atoms with Crippen LogP contribution in [0.25, 0.3) is 0 Å². The van der Waals surface area contributed by atoms with Crippen molar-refractivity contribution in [1.29, 1.82) is 0 Å². The predicted octanol–water partition coefficient (Wildman–Crippen LogP) is -0.174. The van der Waals surface area contributed by atoms with Gasteiger partial charge in [0, 0.05) is 32.1 Å². The Labute approximate surface area is 100 Å². The number of piperidine rings is 1. The summed E-state index contributed by atoms with van der Waals surface area (Å²) in [6, 6.07) is 0. The molecule has 0 spiro atoms. The molecule has 2 atom stereocenters. The topological polar surface area (TPSA) is 56.4 Å². The van der Waals surface area contributed by atoms with Gasteiger partial charge in [0.25, 0.3) is 0 Å². The number of carbonyl (C=O) groups is 1. The van der Waals surface area contributed by atoms with Crippen molar-refractivity contribution in [2.45, 2.75) is 12.6 Å². The van der Waals surface area contributed by atoms with Crippen molar-refractivity contribution in [3.05, 3.63) is 35.7 Å². The van der Waals surface area contributed by atoms with E-state index < -0.39 is 0 Å². The second-order valence-corrected chi connectivity index (χ2v) is 4.46. The first kappa shape index (κ1) is 10.4. The molecule has 1 saturated heterocycles. The highest BCUT2D eigenvalue weighted by molar-refractivity contribution is 5.80. The maximum Gasteiger partial charge on any atom is 0.224 e. The average molecular weight is 232 g/mol. The van der Waals surface area contributed by atoms with E-state index in [9.17, 15) is 4.79 Å². The van der Waals surface area contributed by atoms with Crippen LogP contribution in [0.2, 0.25) is 0 Å². The van der Waals surface area contributed by atoms with Gasteiger partial charge in [0.05, 0.1) is 0 Å². The van der Waals surface area contributed by atoms with Gasteiger partial charge in [0.1, 0.15) is 6.17 Å². The molecule has 90 valence electrons. The van der Waals surface area contributed by atoms with Gasteiger partial charge in [0.2, 0.25) is 5.91 Å². The zero-order valence-corrected chi connectivity index (χ0v) is 9.73. The minimum atomic E-state index is 0.113. The Balaban J connectivity index is 1.99. The van der Waals surface area contributed by atoms with Crippen LogP contribution in [0, 0.1) is 5.92 Å². The fraction of sp³-hybridized carbons (Fsp3) is 0.417. The van der Waals surface area contributed by atoms with Crippen LogP contribution in [0.5, 0.6) is 0 Å². The highest BCUT2D eigenvalue weighted by Crippen LogP contribution is 2.34. The lowest BCUT2D eigenvalue weighted by atomic mass is 9.81. The molecule has 0 aliphatic carbocycles. The number of nitrogens with zero attached hydrogens (tertiary/aromatic N) is 1. The van der Waals surface area contributed by atoms with E-state index in [2.05, 4.69) is 28.3 Å². The number of hydrogen-bond acceptors (Lipinski definition) is 4. The molecule has 2 unspecified atom stereocenters. The van der Waals surface area contributed by atoms with Crippen LogP contribution in [0.1, 0.15) is 6.42 Å². The fourth-order valence-corrected chi connectivity index (χ4v) is 2.67. The Bertz CT molecular complexity index is 438. The van der Waals surface area contributed by atoms with Crippen LogP contribution in [0.15, 0.2) is 35.7 Å². The molecule has 0 aromatic heterocycles. The molecule has 3 aliphatic heterocycles. The Morgan fingerprint density at radius 1 is 1.53 bits per heavy atom. The van der Waals surface area contributed by atoms with Crippen LogP contribution >= 0.6 is 0 Å². The van der Waals surface area contributed by atoms with Gasteiger partial charge in [-0.1, -0.05) is 6.08 Å². The average Bonchev–Trinajstić information content (AvgIpc) is 2.37. The quantitative estimate of drug-likeness (QED) is 0.587. The maximum absolute atomic E-state index is 11.4. The van der Waals surface area contributed by atoms with Crippen LogP contribution in [-0.2, 0) is 4.79 Å². The van der Waals surface area contributed by atoms with Gasteiger partial charge >= 0.3 is 0 Å². The molecule has 0 radical (unpaired) electrons. The van der Waals surface area contributed by atoms with Crippen molar-refractivity contribution in [2.24, 2.45) is 5.92 Å². The third-order valence-corrected chi connectivity index (χ3v) is 3.51. The second-order valence-electron chi connectivity index (χ2n) is 4.46. The number of amides is 1. The van der Waals surface area contributed by atoms with E-state index in [4.69, 9.17) is 0 Å². The molecule has 3 heterocycles. The number of carbonyl (C=O) groups excluding carboxylic acids is 1. The lowest BCUT2D eigenvalue weighted by Gasteiger charge is -2.43. The molecule has 3 rings (SSSR count). The highest BCUT2D eigenvalue weighted by Gasteiger charge is 2.36. The summed E-state index contributed by atoms with van der Waals surface area (Å²) in [5.41, 5.74) is 5.63. The molecule has 0 bridgehead atoms. The first-order valence-electron chi connectivity index (χ1n) is 5.85. The van der Waals surface area contributed by atoms with Gasteiger partial charge in [-0.15, -0.1) is 0 Å². The molecular weight excluding hydrogens is 216 g/mol. The summed E-state index contributed by atoms with van der Waals surface area (Å²) in [5, 5.41) is 8.27. The number of nitrogens with one attached hydrogen (secondary N) is 3. The summed E-state index contributed by atoms with van der Waals surface area (Å²) < 4.78 is 0. The molecule has 5 nitrogen and oxygen atoms in total. The zero-order chi connectivity index (χ0) is 11.8. The van der Waals surface area contributed by atoms with Gasteiger partial charge in [-0.25, -0.2) is 5.43 Å². The number of hydrazine groups is 1. The molecule has 1 amide bonds. The molecule has 0 aromatic carbocycles. The van der Waals surface area contributed by atoms with E-state index in [1.807, 2.05) is 24.3 Å². The van der Waals surface area contributed by atoms with Crippen LogP contribution in [0.4, 0.5) is 0 Å². The summed E-state index contributed by atoms with van der Waals surface area (Å²) in [6.45, 7) is 0.708. The van der Waals surface area contributed by atoms with Gasteiger partial charge < -0.3 is 10.6 Å². The Morgan fingerprint density at radius 3 is 3.24 bits per heavy atom. The number of allylic oxidation sites excluding steroid dienone is 2. The SMILES string of the molecule is CNN1C=C2CC(=O)NCC2C2=CC=CNC21. The highest BCUT2D eigenvalue weighted by atomic mass is 16.1.